The highest BCUT2D eigenvalue weighted by atomic mass is 35.5. The summed E-state index contributed by atoms with van der Waals surface area (Å²) in [4.78, 5) is 27.0. The quantitative estimate of drug-likeness (QED) is 0.575. The van der Waals surface area contributed by atoms with Crippen molar-refractivity contribution in [3.63, 3.8) is 0 Å². The van der Waals surface area contributed by atoms with Gasteiger partial charge in [-0.1, -0.05) is 23.7 Å². The van der Waals surface area contributed by atoms with Crippen LogP contribution in [0.2, 0.25) is 5.02 Å². The summed E-state index contributed by atoms with van der Waals surface area (Å²) in [5, 5.41) is 3.81. The Labute approximate surface area is 207 Å². The van der Waals surface area contributed by atoms with Gasteiger partial charge in [0.2, 0.25) is 11.8 Å². The average molecular weight is 509 g/mol. The van der Waals surface area contributed by atoms with E-state index in [9.17, 15) is 22.8 Å². The number of aryl methyl sites for hydroxylation is 1. The highest BCUT2D eigenvalue weighted by molar-refractivity contribution is 6.33. The van der Waals surface area contributed by atoms with Crippen molar-refractivity contribution in [1.29, 1.82) is 0 Å². The first kappa shape index (κ1) is 25.2. The fourth-order valence-corrected chi connectivity index (χ4v) is 4.96. The highest BCUT2D eigenvalue weighted by Gasteiger charge is 2.41. The Morgan fingerprint density at radius 1 is 1.17 bits per heavy atom. The van der Waals surface area contributed by atoms with E-state index in [1.165, 1.54) is 0 Å². The zero-order valence-electron chi connectivity index (χ0n) is 19.4. The topological polar surface area (TPSA) is 78.7 Å². The summed E-state index contributed by atoms with van der Waals surface area (Å²) >= 11 is 6.52. The summed E-state index contributed by atoms with van der Waals surface area (Å²) in [6.45, 7) is 3.31. The minimum absolute atomic E-state index is 0.0669. The maximum Gasteiger partial charge on any atom is 0.391 e. The summed E-state index contributed by atoms with van der Waals surface area (Å²) < 4.78 is 38.9. The van der Waals surface area contributed by atoms with Crippen LogP contribution in [0.3, 0.4) is 0 Å². The molecule has 2 aromatic carbocycles. The van der Waals surface area contributed by atoms with E-state index in [2.05, 4.69) is 5.32 Å². The molecule has 2 heterocycles. The van der Waals surface area contributed by atoms with Gasteiger partial charge in [-0.05, 0) is 55.2 Å². The van der Waals surface area contributed by atoms with E-state index in [1.54, 1.807) is 11.0 Å². The molecule has 3 N–H and O–H groups in total. The average Bonchev–Trinajstić information content (AvgIpc) is 3.17. The molecule has 0 saturated carbocycles. The molecule has 1 unspecified atom stereocenters. The predicted octanol–water partition coefficient (Wildman–Crippen LogP) is 5.00. The zero-order valence-corrected chi connectivity index (χ0v) is 20.1. The van der Waals surface area contributed by atoms with Crippen molar-refractivity contribution in [2.24, 2.45) is 17.6 Å². The summed E-state index contributed by atoms with van der Waals surface area (Å²) in [5.41, 5.74) is 9.56. The van der Waals surface area contributed by atoms with Crippen LogP contribution in [0.1, 0.15) is 30.4 Å². The smallest absolute Gasteiger partial charge is 0.370 e. The standard InChI is InChI=1S/C25H28ClF3N4O2/c1-15-10-22(32-8-6-18(7-9-32)25(27,28)29)20(26)12-21(15)31-19-4-2-16(3-5-19)13-33-14-17(24(30)35)11-23(33)34/h2-5,10,12,17-18,31H,6-9,11,13-14H2,1H3,(H2,30,35). The monoisotopic (exact) mass is 508 g/mol. The van der Waals surface area contributed by atoms with E-state index in [4.69, 9.17) is 17.3 Å². The number of nitrogens with one attached hydrogen (secondary N) is 1. The molecule has 0 radical (unpaired) electrons. The van der Waals surface area contributed by atoms with Gasteiger partial charge in [0.15, 0.2) is 0 Å². The molecule has 4 rings (SSSR count). The van der Waals surface area contributed by atoms with Crippen LogP contribution < -0.4 is 16.0 Å². The molecule has 0 spiro atoms. The van der Waals surface area contributed by atoms with E-state index in [-0.39, 0.29) is 25.2 Å². The molecule has 6 nitrogen and oxygen atoms in total. The largest absolute Gasteiger partial charge is 0.391 e. The number of nitrogens with two attached hydrogens (primary N) is 1. The molecule has 2 amide bonds. The number of rotatable bonds is 6. The molecule has 35 heavy (non-hydrogen) atoms. The molecule has 2 aliphatic heterocycles. The molecule has 0 aliphatic carbocycles. The number of nitrogens with zero attached hydrogens (tertiary/aromatic N) is 2. The molecule has 0 bridgehead atoms. The van der Waals surface area contributed by atoms with Crippen molar-refractivity contribution in [3.8, 4) is 0 Å². The second-order valence-electron chi connectivity index (χ2n) is 9.32. The number of amides is 2. The van der Waals surface area contributed by atoms with E-state index in [1.807, 2.05) is 42.2 Å². The number of hydrogen-bond acceptors (Lipinski definition) is 4. The number of alkyl halides is 3. The van der Waals surface area contributed by atoms with Crippen molar-refractivity contribution in [2.75, 3.05) is 29.9 Å². The molecular weight excluding hydrogens is 481 g/mol. The number of piperidine rings is 1. The van der Waals surface area contributed by atoms with E-state index < -0.39 is 23.9 Å². The van der Waals surface area contributed by atoms with Gasteiger partial charge in [0, 0.05) is 44.0 Å². The summed E-state index contributed by atoms with van der Waals surface area (Å²) in [6.07, 6.45) is -3.86. The number of likely N-dealkylation sites (tertiary alicyclic amines) is 1. The normalized spacial score (nSPS) is 19.3. The highest BCUT2D eigenvalue weighted by Crippen LogP contribution is 2.39. The zero-order chi connectivity index (χ0) is 25.3. The molecule has 188 valence electrons. The number of anilines is 3. The Bertz CT molecular complexity index is 1100. The first-order chi connectivity index (χ1) is 16.5. The SMILES string of the molecule is Cc1cc(N2CCC(C(F)(F)F)CC2)c(Cl)cc1Nc1ccc(CN2CC(C(N)=O)CC2=O)cc1. The molecule has 0 aromatic heterocycles. The molecule has 10 heteroatoms. The lowest BCUT2D eigenvalue weighted by Crippen LogP contribution is -2.39. The second-order valence-corrected chi connectivity index (χ2v) is 9.73. The summed E-state index contributed by atoms with van der Waals surface area (Å²) in [7, 11) is 0. The van der Waals surface area contributed by atoms with Crippen molar-refractivity contribution < 1.29 is 22.8 Å². The Morgan fingerprint density at radius 3 is 2.40 bits per heavy atom. The number of benzene rings is 2. The molecule has 2 saturated heterocycles. The molecule has 1 atom stereocenters. The van der Waals surface area contributed by atoms with Crippen LogP contribution in [-0.4, -0.2) is 42.5 Å². The fraction of sp³-hybridized carbons (Fsp3) is 0.440. The van der Waals surface area contributed by atoms with E-state index in [0.717, 1.165) is 28.2 Å². The van der Waals surface area contributed by atoms with Gasteiger partial charge in [-0.3, -0.25) is 9.59 Å². The lowest BCUT2D eigenvalue weighted by Gasteiger charge is -2.35. The predicted molar refractivity (Wildman–Crippen MR) is 130 cm³/mol. The van der Waals surface area contributed by atoms with Crippen LogP contribution in [0.5, 0.6) is 0 Å². The van der Waals surface area contributed by atoms with Crippen LogP contribution in [0.25, 0.3) is 0 Å². The molecule has 2 fully saturated rings. The second kappa shape index (κ2) is 9.97. The number of carbonyl (C=O) groups is 2. The third-order valence-electron chi connectivity index (χ3n) is 6.82. The molecular formula is C25H28ClF3N4O2. The lowest BCUT2D eigenvalue weighted by molar-refractivity contribution is -0.179. The number of carbonyl (C=O) groups excluding carboxylic acids is 2. The van der Waals surface area contributed by atoms with Crippen LogP contribution in [-0.2, 0) is 16.1 Å². The molecule has 2 aromatic rings. The van der Waals surface area contributed by atoms with Gasteiger partial charge in [-0.2, -0.15) is 13.2 Å². The van der Waals surface area contributed by atoms with Crippen molar-refractivity contribution in [1.82, 2.24) is 4.90 Å². The Balaban J connectivity index is 1.39. The van der Waals surface area contributed by atoms with Crippen molar-refractivity contribution in [2.45, 2.75) is 38.9 Å². The van der Waals surface area contributed by atoms with Crippen LogP contribution in [0, 0.1) is 18.8 Å². The Morgan fingerprint density at radius 2 is 1.83 bits per heavy atom. The third kappa shape index (κ3) is 5.83. The summed E-state index contributed by atoms with van der Waals surface area (Å²) in [6, 6.07) is 11.3. The number of primary amides is 1. The Hall–Kier alpha value is -2.94. The van der Waals surface area contributed by atoms with Gasteiger partial charge in [-0.25, -0.2) is 0 Å². The van der Waals surface area contributed by atoms with Gasteiger partial charge in [-0.15, -0.1) is 0 Å². The lowest BCUT2D eigenvalue weighted by atomic mass is 9.95. The van der Waals surface area contributed by atoms with Crippen LogP contribution in [0.15, 0.2) is 36.4 Å². The van der Waals surface area contributed by atoms with Gasteiger partial charge in [0.05, 0.1) is 22.5 Å². The van der Waals surface area contributed by atoms with Crippen molar-refractivity contribution >= 4 is 40.5 Å². The first-order valence-corrected chi connectivity index (χ1v) is 11.9. The maximum absolute atomic E-state index is 13.0. The molecule has 2 aliphatic rings. The minimum Gasteiger partial charge on any atom is -0.370 e. The fourth-order valence-electron chi connectivity index (χ4n) is 4.68. The minimum atomic E-state index is -4.15. The van der Waals surface area contributed by atoms with Gasteiger partial charge in [0.1, 0.15) is 0 Å². The summed E-state index contributed by atoms with van der Waals surface area (Å²) in [5.74, 6) is -2.22. The maximum atomic E-state index is 13.0. The van der Waals surface area contributed by atoms with Crippen LogP contribution >= 0.6 is 11.6 Å². The van der Waals surface area contributed by atoms with E-state index in [0.29, 0.717) is 31.2 Å². The third-order valence-corrected chi connectivity index (χ3v) is 7.12. The number of hydrogen-bond donors (Lipinski definition) is 2. The van der Waals surface area contributed by atoms with Crippen molar-refractivity contribution in [3.05, 3.63) is 52.5 Å². The van der Waals surface area contributed by atoms with Gasteiger partial charge >= 0.3 is 6.18 Å². The van der Waals surface area contributed by atoms with E-state index >= 15 is 0 Å². The Kier molecular flexibility index (Phi) is 7.17. The van der Waals surface area contributed by atoms with Gasteiger partial charge < -0.3 is 20.9 Å². The van der Waals surface area contributed by atoms with Crippen LogP contribution in [0.4, 0.5) is 30.2 Å². The first-order valence-electron chi connectivity index (χ1n) is 11.6. The number of halogens is 4. The van der Waals surface area contributed by atoms with Gasteiger partial charge in [0.25, 0.3) is 0 Å².